The Bertz CT molecular complexity index is 339. The van der Waals surface area contributed by atoms with Crippen LogP contribution in [0.5, 0.6) is 5.75 Å². The molecule has 0 spiro atoms. The van der Waals surface area contributed by atoms with Crippen molar-refractivity contribution >= 4 is 11.7 Å². The van der Waals surface area contributed by atoms with E-state index in [2.05, 4.69) is 5.32 Å². The summed E-state index contributed by atoms with van der Waals surface area (Å²) >= 11 is 0. The topological polar surface area (TPSA) is 58.6 Å². The van der Waals surface area contributed by atoms with Crippen LogP contribution in [-0.4, -0.2) is 24.2 Å². The lowest BCUT2D eigenvalue weighted by Crippen LogP contribution is -2.04. The van der Waals surface area contributed by atoms with Gasteiger partial charge in [-0.05, 0) is 25.5 Å². The van der Waals surface area contributed by atoms with E-state index < -0.39 is 5.97 Å². The van der Waals surface area contributed by atoms with Gasteiger partial charge in [-0.25, -0.2) is 0 Å². The average Bonchev–Trinajstić information content (AvgIpc) is 2.25. The maximum Gasteiger partial charge on any atom is 0.303 e. The largest absolute Gasteiger partial charge is 0.494 e. The molecular weight excluding hydrogens is 206 g/mol. The molecule has 0 saturated carbocycles. The monoisotopic (exact) mass is 223 g/mol. The van der Waals surface area contributed by atoms with E-state index >= 15 is 0 Å². The van der Waals surface area contributed by atoms with E-state index in [4.69, 9.17) is 9.84 Å². The maximum atomic E-state index is 10.3. The lowest BCUT2D eigenvalue weighted by molar-refractivity contribution is -0.137. The molecule has 0 amide bonds. The van der Waals surface area contributed by atoms with Gasteiger partial charge in [-0.3, -0.25) is 4.79 Å². The molecule has 0 aliphatic carbocycles. The average molecular weight is 223 g/mol. The van der Waals surface area contributed by atoms with E-state index in [9.17, 15) is 4.79 Å². The minimum absolute atomic E-state index is 0.193. The summed E-state index contributed by atoms with van der Waals surface area (Å²) < 4.78 is 5.36. The fourth-order valence-corrected chi connectivity index (χ4v) is 1.33. The van der Waals surface area contributed by atoms with Gasteiger partial charge >= 0.3 is 5.97 Å². The van der Waals surface area contributed by atoms with E-state index in [0.29, 0.717) is 19.6 Å². The van der Waals surface area contributed by atoms with Gasteiger partial charge in [0.05, 0.1) is 6.61 Å². The molecule has 1 aromatic rings. The summed E-state index contributed by atoms with van der Waals surface area (Å²) in [6, 6.07) is 7.64. The molecule has 4 heteroatoms. The summed E-state index contributed by atoms with van der Waals surface area (Å²) in [7, 11) is 0. The number of carboxylic acids is 1. The molecule has 0 aliphatic heterocycles. The summed E-state index contributed by atoms with van der Waals surface area (Å²) in [4.78, 5) is 10.3. The Labute approximate surface area is 95.2 Å². The number of rotatable bonds is 7. The molecule has 0 unspecified atom stereocenters. The smallest absolute Gasteiger partial charge is 0.303 e. The Morgan fingerprint density at radius 1 is 1.50 bits per heavy atom. The van der Waals surface area contributed by atoms with Crippen molar-refractivity contribution < 1.29 is 14.6 Å². The van der Waals surface area contributed by atoms with Gasteiger partial charge in [0.25, 0.3) is 0 Å². The first-order valence-corrected chi connectivity index (χ1v) is 5.41. The van der Waals surface area contributed by atoms with E-state index in [0.717, 1.165) is 11.4 Å². The molecule has 0 aromatic heterocycles. The second-order valence-corrected chi connectivity index (χ2v) is 3.38. The number of hydrogen-bond donors (Lipinski definition) is 2. The summed E-state index contributed by atoms with van der Waals surface area (Å²) in [5, 5.41) is 11.6. The van der Waals surface area contributed by atoms with Crippen molar-refractivity contribution in [3.8, 4) is 5.75 Å². The fraction of sp³-hybridized carbons (Fsp3) is 0.417. The van der Waals surface area contributed by atoms with Crippen molar-refractivity contribution in [1.29, 1.82) is 0 Å². The SMILES string of the molecule is CCOc1cccc(NCCCC(=O)O)c1. The highest BCUT2D eigenvalue weighted by atomic mass is 16.5. The number of benzene rings is 1. The van der Waals surface area contributed by atoms with Gasteiger partial charge in [-0.2, -0.15) is 0 Å². The predicted molar refractivity (Wildman–Crippen MR) is 63.0 cm³/mol. The molecule has 16 heavy (non-hydrogen) atoms. The number of carbonyl (C=O) groups is 1. The molecule has 0 atom stereocenters. The summed E-state index contributed by atoms with van der Waals surface area (Å²) in [6.45, 7) is 3.23. The minimum Gasteiger partial charge on any atom is -0.494 e. The van der Waals surface area contributed by atoms with Crippen LogP contribution in [0.1, 0.15) is 19.8 Å². The Kier molecular flexibility index (Phi) is 5.19. The van der Waals surface area contributed by atoms with Gasteiger partial charge in [0.1, 0.15) is 5.75 Å². The van der Waals surface area contributed by atoms with Gasteiger partial charge in [0.15, 0.2) is 0 Å². The van der Waals surface area contributed by atoms with Crippen molar-refractivity contribution in [2.75, 3.05) is 18.5 Å². The van der Waals surface area contributed by atoms with Gasteiger partial charge in [-0.1, -0.05) is 6.07 Å². The lowest BCUT2D eigenvalue weighted by Gasteiger charge is -2.08. The lowest BCUT2D eigenvalue weighted by atomic mass is 10.2. The molecule has 2 N–H and O–H groups in total. The van der Waals surface area contributed by atoms with Crippen LogP contribution in [0.15, 0.2) is 24.3 Å². The number of ether oxygens (including phenoxy) is 1. The first-order chi connectivity index (χ1) is 7.72. The van der Waals surface area contributed by atoms with Gasteiger partial charge in [-0.15, -0.1) is 0 Å². The molecule has 0 saturated heterocycles. The third kappa shape index (κ3) is 4.68. The van der Waals surface area contributed by atoms with Crippen LogP contribution < -0.4 is 10.1 Å². The third-order valence-corrected chi connectivity index (χ3v) is 2.04. The highest BCUT2D eigenvalue weighted by Crippen LogP contribution is 2.17. The molecule has 0 fully saturated rings. The molecule has 0 bridgehead atoms. The van der Waals surface area contributed by atoms with Gasteiger partial charge in [0, 0.05) is 24.7 Å². The molecule has 0 aliphatic rings. The van der Waals surface area contributed by atoms with Gasteiger partial charge in [0.2, 0.25) is 0 Å². The highest BCUT2D eigenvalue weighted by Gasteiger charge is 1.98. The molecule has 0 heterocycles. The molecule has 1 rings (SSSR count). The standard InChI is InChI=1S/C12H17NO3/c1-2-16-11-6-3-5-10(9-11)13-8-4-7-12(14)15/h3,5-6,9,13H,2,4,7-8H2,1H3,(H,14,15). The summed E-state index contributed by atoms with van der Waals surface area (Å²) in [5.74, 6) is 0.0654. The number of aliphatic carboxylic acids is 1. The maximum absolute atomic E-state index is 10.3. The van der Waals surface area contributed by atoms with E-state index in [1.54, 1.807) is 0 Å². The second-order valence-electron chi connectivity index (χ2n) is 3.38. The number of carboxylic acid groups (broad SMARTS) is 1. The molecular formula is C12H17NO3. The Morgan fingerprint density at radius 2 is 2.31 bits per heavy atom. The van der Waals surface area contributed by atoms with Crippen LogP contribution in [-0.2, 0) is 4.79 Å². The van der Waals surface area contributed by atoms with Gasteiger partial charge < -0.3 is 15.2 Å². The predicted octanol–water partition coefficient (Wildman–Crippen LogP) is 2.36. The quantitative estimate of drug-likeness (QED) is 0.697. The Morgan fingerprint density at radius 3 is 3.00 bits per heavy atom. The zero-order chi connectivity index (χ0) is 11.8. The van der Waals surface area contributed by atoms with Crippen molar-refractivity contribution in [1.82, 2.24) is 0 Å². The minimum atomic E-state index is -0.759. The highest BCUT2D eigenvalue weighted by molar-refractivity contribution is 5.66. The van der Waals surface area contributed by atoms with Crippen LogP contribution in [0.25, 0.3) is 0 Å². The molecule has 1 aromatic carbocycles. The fourth-order valence-electron chi connectivity index (χ4n) is 1.33. The molecule has 4 nitrogen and oxygen atoms in total. The van der Waals surface area contributed by atoms with Crippen LogP contribution in [0.3, 0.4) is 0 Å². The Hall–Kier alpha value is -1.71. The first kappa shape index (κ1) is 12.4. The summed E-state index contributed by atoms with van der Waals surface area (Å²) in [5.41, 5.74) is 0.955. The van der Waals surface area contributed by atoms with E-state index in [1.807, 2.05) is 31.2 Å². The first-order valence-electron chi connectivity index (χ1n) is 5.41. The number of anilines is 1. The van der Waals surface area contributed by atoms with E-state index in [-0.39, 0.29) is 6.42 Å². The van der Waals surface area contributed by atoms with Crippen LogP contribution >= 0.6 is 0 Å². The zero-order valence-electron chi connectivity index (χ0n) is 9.40. The third-order valence-electron chi connectivity index (χ3n) is 2.04. The van der Waals surface area contributed by atoms with Crippen LogP contribution in [0, 0.1) is 0 Å². The van der Waals surface area contributed by atoms with E-state index in [1.165, 1.54) is 0 Å². The van der Waals surface area contributed by atoms with Crippen molar-refractivity contribution in [2.45, 2.75) is 19.8 Å². The zero-order valence-corrected chi connectivity index (χ0v) is 9.40. The van der Waals surface area contributed by atoms with Crippen molar-refractivity contribution in [2.24, 2.45) is 0 Å². The normalized spacial score (nSPS) is 9.81. The summed E-state index contributed by atoms with van der Waals surface area (Å²) in [6.07, 6.45) is 0.812. The molecule has 88 valence electrons. The second kappa shape index (κ2) is 6.71. The van der Waals surface area contributed by atoms with Crippen molar-refractivity contribution in [3.05, 3.63) is 24.3 Å². The molecule has 0 radical (unpaired) electrons. The number of hydrogen-bond acceptors (Lipinski definition) is 3. The van der Waals surface area contributed by atoms with Crippen molar-refractivity contribution in [3.63, 3.8) is 0 Å². The number of nitrogens with one attached hydrogen (secondary N) is 1. The Balaban J connectivity index is 2.35. The van der Waals surface area contributed by atoms with Crippen LogP contribution in [0.4, 0.5) is 5.69 Å². The van der Waals surface area contributed by atoms with Crippen LogP contribution in [0.2, 0.25) is 0 Å².